The smallest absolute Gasteiger partial charge is 0.366 e. The minimum atomic E-state index is -5.69. The summed E-state index contributed by atoms with van der Waals surface area (Å²) < 4.78 is 91.4. The summed E-state index contributed by atoms with van der Waals surface area (Å²) in [4.78, 5) is 15.8. The van der Waals surface area contributed by atoms with Gasteiger partial charge in [0.2, 0.25) is 0 Å². The summed E-state index contributed by atoms with van der Waals surface area (Å²) in [6.45, 7) is -0.124. The molecule has 0 aliphatic heterocycles. The van der Waals surface area contributed by atoms with Crippen LogP contribution in [-0.4, -0.2) is 5.97 Å². The van der Waals surface area contributed by atoms with E-state index < -0.39 is 46.5 Å². The molecule has 0 spiro atoms. The molecule has 134 valence electrons. The Bertz CT molecular complexity index is 762. The molecule has 0 unspecified atom stereocenters. The van der Waals surface area contributed by atoms with Gasteiger partial charge in [0.15, 0.2) is 23.3 Å². The molecule has 0 saturated heterocycles. The maximum Gasteiger partial charge on any atom is 0.422 e. The third-order valence-corrected chi connectivity index (χ3v) is 3.03. The quantitative estimate of drug-likeness (QED) is 0.502. The lowest BCUT2D eigenvalue weighted by Gasteiger charge is -2.13. The summed E-state index contributed by atoms with van der Waals surface area (Å²) in [5.74, 6) is -12.4. The fourth-order valence-electron chi connectivity index (χ4n) is 1.89. The first-order valence-electron chi connectivity index (χ1n) is 6.55. The molecule has 10 heteroatoms. The molecule has 1 N–H and O–H groups in total. The highest BCUT2D eigenvalue weighted by Gasteiger charge is 2.43. The van der Waals surface area contributed by atoms with Gasteiger partial charge in [0.1, 0.15) is 11.1 Å². The first-order chi connectivity index (χ1) is 11.6. The largest absolute Gasteiger partial charge is 0.422 e. The van der Waals surface area contributed by atoms with Crippen LogP contribution in [0, 0.1) is 23.3 Å². The lowest BCUT2D eigenvalue weighted by Crippen LogP contribution is -2.24. The first kappa shape index (κ1) is 18.7. The van der Waals surface area contributed by atoms with Crippen LogP contribution in [0.25, 0.3) is 0 Å². The molecule has 0 fully saturated rings. The molecule has 3 nitrogen and oxygen atoms in total. The average Bonchev–Trinajstić information content (AvgIpc) is 2.53. The zero-order chi connectivity index (χ0) is 18.8. The molecule has 0 radical (unpaired) electrons. The van der Waals surface area contributed by atoms with Gasteiger partial charge in [-0.2, -0.15) is 13.2 Å². The van der Waals surface area contributed by atoms with E-state index in [1.54, 1.807) is 30.3 Å². The van der Waals surface area contributed by atoms with E-state index in [1.165, 1.54) is 0 Å². The molecule has 2 rings (SSSR count). The number of hydrogen-bond acceptors (Lipinski definition) is 3. The predicted molar refractivity (Wildman–Crippen MR) is 70.0 cm³/mol. The Hall–Kier alpha value is -2.62. The van der Waals surface area contributed by atoms with Gasteiger partial charge < -0.3 is 4.84 Å². The number of hydrogen-bond donors (Lipinski definition) is 1. The van der Waals surface area contributed by atoms with Crippen molar-refractivity contribution < 1.29 is 40.4 Å². The second kappa shape index (κ2) is 7.09. The topological polar surface area (TPSA) is 38.3 Å². The van der Waals surface area contributed by atoms with Crippen LogP contribution in [-0.2, 0) is 17.6 Å². The highest BCUT2D eigenvalue weighted by atomic mass is 19.4. The van der Waals surface area contributed by atoms with E-state index in [9.17, 15) is 35.5 Å². The van der Waals surface area contributed by atoms with Crippen molar-refractivity contribution >= 4 is 5.97 Å². The van der Waals surface area contributed by atoms with Crippen molar-refractivity contribution in [1.82, 2.24) is 5.48 Å². The number of rotatable bonds is 4. The van der Waals surface area contributed by atoms with Gasteiger partial charge in [0.25, 0.3) is 0 Å². The Morgan fingerprint density at radius 1 is 0.920 bits per heavy atom. The summed E-state index contributed by atoms with van der Waals surface area (Å²) in [5, 5.41) is 0. The van der Waals surface area contributed by atoms with Crippen molar-refractivity contribution in [2.75, 3.05) is 0 Å². The van der Waals surface area contributed by atoms with Gasteiger partial charge in [-0.05, 0) is 5.56 Å². The summed E-state index contributed by atoms with van der Waals surface area (Å²) in [5.41, 5.74) is -2.11. The predicted octanol–water partition coefficient (Wildman–Crippen LogP) is 4.12. The molecule has 2 aromatic rings. The molecule has 0 aliphatic carbocycles. The van der Waals surface area contributed by atoms with Crippen molar-refractivity contribution in [1.29, 1.82) is 0 Å². The van der Waals surface area contributed by atoms with Crippen LogP contribution in [0.2, 0.25) is 0 Å². The van der Waals surface area contributed by atoms with Crippen molar-refractivity contribution in [2.24, 2.45) is 0 Å². The lowest BCUT2D eigenvalue weighted by atomic mass is 10.1. The number of carbonyl (C=O) groups is 1. The van der Waals surface area contributed by atoms with E-state index in [0.717, 1.165) is 0 Å². The van der Waals surface area contributed by atoms with Crippen LogP contribution >= 0.6 is 0 Å². The van der Waals surface area contributed by atoms with Crippen molar-refractivity contribution in [3.63, 3.8) is 0 Å². The van der Waals surface area contributed by atoms with Gasteiger partial charge in [-0.15, -0.1) is 5.48 Å². The SMILES string of the molecule is O=C(ONCc1ccccc1)c1c(F)c(F)c(C(F)(F)F)c(F)c1F. The van der Waals surface area contributed by atoms with Crippen molar-refractivity contribution in [3.05, 3.63) is 70.3 Å². The van der Waals surface area contributed by atoms with E-state index in [0.29, 0.717) is 5.56 Å². The second-order valence-corrected chi connectivity index (χ2v) is 4.70. The van der Waals surface area contributed by atoms with Crippen LogP contribution in [0.5, 0.6) is 0 Å². The summed E-state index contributed by atoms with van der Waals surface area (Å²) in [7, 11) is 0. The fraction of sp³-hybridized carbons (Fsp3) is 0.133. The Balaban J connectivity index is 2.25. The van der Waals surface area contributed by atoms with Crippen molar-refractivity contribution in [3.8, 4) is 0 Å². The second-order valence-electron chi connectivity index (χ2n) is 4.70. The number of alkyl halides is 3. The lowest BCUT2D eigenvalue weighted by molar-refractivity contribution is -0.143. The van der Waals surface area contributed by atoms with E-state index in [4.69, 9.17) is 0 Å². The molecule has 0 aliphatic rings. The molecule has 0 aromatic heterocycles. The maximum absolute atomic E-state index is 13.6. The number of hydroxylamine groups is 1. The van der Waals surface area contributed by atoms with Gasteiger partial charge in [0.05, 0.1) is 6.54 Å². The van der Waals surface area contributed by atoms with Crippen LogP contribution in [0.1, 0.15) is 21.5 Å². The number of halogens is 7. The highest BCUT2D eigenvalue weighted by Crippen LogP contribution is 2.37. The van der Waals surface area contributed by atoms with Crippen LogP contribution in [0.3, 0.4) is 0 Å². The van der Waals surface area contributed by atoms with E-state index in [1.807, 2.05) is 5.48 Å². The van der Waals surface area contributed by atoms with Gasteiger partial charge in [0, 0.05) is 0 Å². The molecular weight excluding hydrogens is 359 g/mol. The van der Waals surface area contributed by atoms with Gasteiger partial charge in [-0.25, -0.2) is 22.4 Å². The molecule has 0 amide bonds. The summed E-state index contributed by atoms with van der Waals surface area (Å²) in [6, 6.07) is 8.16. The Morgan fingerprint density at radius 3 is 1.92 bits per heavy atom. The number of carbonyl (C=O) groups excluding carboxylic acids is 1. The zero-order valence-electron chi connectivity index (χ0n) is 12.1. The van der Waals surface area contributed by atoms with E-state index in [-0.39, 0.29) is 6.54 Å². The van der Waals surface area contributed by atoms with Crippen LogP contribution in [0.4, 0.5) is 30.7 Å². The first-order valence-corrected chi connectivity index (χ1v) is 6.55. The third kappa shape index (κ3) is 3.90. The molecular formula is C15H8F7NO2. The average molecular weight is 367 g/mol. The summed E-state index contributed by atoms with van der Waals surface area (Å²) in [6.07, 6.45) is -5.69. The van der Waals surface area contributed by atoms with E-state index >= 15 is 0 Å². The van der Waals surface area contributed by atoms with E-state index in [2.05, 4.69) is 4.84 Å². The molecule has 2 aromatic carbocycles. The molecule has 0 saturated carbocycles. The highest BCUT2D eigenvalue weighted by molar-refractivity contribution is 5.90. The molecule has 0 atom stereocenters. The number of benzene rings is 2. The standard InChI is InChI=1S/C15H8F7NO2/c16-10-8(11(17)13(19)9(12(10)18)15(20,21)22)14(24)25-23-6-7-4-2-1-3-5-7/h1-5,23H,6H2. The summed E-state index contributed by atoms with van der Waals surface area (Å²) >= 11 is 0. The maximum atomic E-state index is 13.6. The van der Waals surface area contributed by atoms with Crippen molar-refractivity contribution in [2.45, 2.75) is 12.7 Å². The van der Waals surface area contributed by atoms with Crippen LogP contribution < -0.4 is 5.48 Å². The molecule has 0 heterocycles. The Labute approximate surface area is 136 Å². The normalized spacial score (nSPS) is 11.5. The molecule has 0 bridgehead atoms. The van der Waals surface area contributed by atoms with Gasteiger partial charge >= 0.3 is 12.1 Å². The number of nitrogens with one attached hydrogen (secondary N) is 1. The third-order valence-electron chi connectivity index (χ3n) is 3.03. The minimum absolute atomic E-state index is 0.124. The minimum Gasteiger partial charge on any atom is -0.366 e. The Morgan fingerprint density at radius 2 is 1.44 bits per heavy atom. The fourth-order valence-corrected chi connectivity index (χ4v) is 1.89. The van der Waals surface area contributed by atoms with Gasteiger partial charge in [-0.1, -0.05) is 30.3 Å². The molecule has 25 heavy (non-hydrogen) atoms. The zero-order valence-corrected chi connectivity index (χ0v) is 12.1. The monoisotopic (exact) mass is 367 g/mol. The van der Waals surface area contributed by atoms with Crippen LogP contribution in [0.15, 0.2) is 30.3 Å². The van der Waals surface area contributed by atoms with Gasteiger partial charge in [-0.3, -0.25) is 0 Å². The Kier molecular flexibility index (Phi) is 5.31.